The zero-order valence-corrected chi connectivity index (χ0v) is 17.7. The van der Waals surface area contributed by atoms with Crippen LogP contribution in [0.3, 0.4) is 0 Å². The molecule has 4 heterocycles. The molecule has 8 nitrogen and oxygen atoms in total. The van der Waals surface area contributed by atoms with Gasteiger partial charge in [0.15, 0.2) is 0 Å². The van der Waals surface area contributed by atoms with Gasteiger partial charge in [-0.3, -0.25) is 9.78 Å². The van der Waals surface area contributed by atoms with E-state index in [-0.39, 0.29) is 17.2 Å². The Morgan fingerprint density at radius 1 is 1.20 bits per heavy atom. The summed E-state index contributed by atoms with van der Waals surface area (Å²) in [7, 11) is -3.81. The molecule has 1 aliphatic rings. The second-order valence-electron chi connectivity index (χ2n) is 7.14. The number of nitrogens with zero attached hydrogens (tertiary/aromatic N) is 5. The lowest BCUT2D eigenvalue weighted by molar-refractivity contribution is -0.131. The fourth-order valence-electron chi connectivity index (χ4n) is 3.51. The topological polar surface area (TPSA) is 98.1 Å². The molecule has 1 aliphatic heterocycles. The van der Waals surface area contributed by atoms with E-state index < -0.39 is 10.0 Å². The fraction of sp³-hybridized carbons (Fsp3) is 0.200. The van der Waals surface area contributed by atoms with Gasteiger partial charge in [-0.1, -0.05) is 6.07 Å². The van der Waals surface area contributed by atoms with Crippen molar-refractivity contribution < 1.29 is 13.2 Å². The first-order valence-electron chi connectivity index (χ1n) is 9.26. The monoisotopic (exact) mass is 439 g/mol. The highest BCUT2D eigenvalue weighted by Crippen LogP contribution is 2.26. The van der Waals surface area contributed by atoms with Crippen LogP contribution >= 0.6 is 11.3 Å². The Morgan fingerprint density at radius 2 is 2.07 bits per heavy atom. The van der Waals surface area contributed by atoms with E-state index in [4.69, 9.17) is 0 Å². The summed E-state index contributed by atoms with van der Waals surface area (Å²) in [5.74, 6) is -0.0332. The molecule has 10 heteroatoms. The van der Waals surface area contributed by atoms with Crippen LogP contribution < -0.4 is 0 Å². The summed E-state index contributed by atoms with van der Waals surface area (Å²) in [4.78, 5) is 22.9. The number of aryl methyl sites for hydroxylation is 1. The smallest absolute Gasteiger partial charge is 0.283 e. The molecule has 1 amide bonds. The predicted octanol–water partition coefficient (Wildman–Crippen LogP) is 2.52. The summed E-state index contributed by atoms with van der Waals surface area (Å²) in [6.07, 6.45) is 3.46. The molecule has 5 rings (SSSR count). The van der Waals surface area contributed by atoms with Crippen molar-refractivity contribution in [3.8, 4) is 0 Å². The zero-order valence-electron chi connectivity index (χ0n) is 16.0. The maximum atomic E-state index is 13.0. The molecule has 30 heavy (non-hydrogen) atoms. The third-order valence-electron chi connectivity index (χ3n) is 5.22. The van der Waals surface area contributed by atoms with Gasteiger partial charge in [-0.25, -0.2) is 4.98 Å². The molecule has 1 aromatic carbocycles. The minimum atomic E-state index is -3.81. The number of thiazole rings is 1. The summed E-state index contributed by atoms with van der Waals surface area (Å²) < 4.78 is 27.8. The van der Waals surface area contributed by atoms with Crippen molar-refractivity contribution in [1.29, 1.82) is 0 Å². The molecule has 0 spiro atoms. The third-order valence-corrected chi connectivity index (χ3v) is 7.54. The summed E-state index contributed by atoms with van der Waals surface area (Å²) >= 11 is 1.39. The number of hydrogen-bond acceptors (Lipinski definition) is 7. The number of fused-ring (bicyclic) bond motifs is 2. The Labute approximate surface area is 176 Å². The molecule has 152 valence electrons. The van der Waals surface area contributed by atoms with Crippen LogP contribution in [0.1, 0.15) is 22.5 Å². The Hall–Kier alpha value is -3.11. The van der Waals surface area contributed by atoms with E-state index >= 15 is 0 Å². The van der Waals surface area contributed by atoms with Gasteiger partial charge in [0.25, 0.3) is 10.0 Å². The van der Waals surface area contributed by atoms with E-state index in [0.717, 1.165) is 31.1 Å². The van der Waals surface area contributed by atoms with E-state index in [9.17, 15) is 13.2 Å². The van der Waals surface area contributed by atoms with Crippen LogP contribution in [0.2, 0.25) is 0 Å². The Balaban J connectivity index is 1.35. The zero-order chi connectivity index (χ0) is 20.9. The lowest BCUT2D eigenvalue weighted by atomic mass is 10.1. The van der Waals surface area contributed by atoms with Crippen molar-refractivity contribution in [2.45, 2.75) is 31.3 Å². The van der Waals surface area contributed by atoms with E-state index in [0.29, 0.717) is 18.8 Å². The molecule has 4 aromatic rings. The molecule has 0 atom stereocenters. The second kappa shape index (κ2) is 6.99. The highest BCUT2D eigenvalue weighted by Gasteiger charge is 2.29. The number of hydrogen-bond donors (Lipinski definition) is 0. The highest BCUT2D eigenvalue weighted by molar-refractivity contribution is 7.89. The van der Waals surface area contributed by atoms with Gasteiger partial charge in [-0.2, -0.15) is 17.6 Å². The number of carbonyl (C=O) groups excluding carboxylic acids is 1. The van der Waals surface area contributed by atoms with Crippen LogP contribution in [0, 0.1) is 6.92 Å². The standard InChI is InChI=1S/C20H17N5O3S2/c1-13-14(3-2-6-21-13)7-20(26)24-9-15-10-25(23-18(15)11-24)30(27,28)16-4-5-17-19(8-16)29-12-22-17/h2-6,8,10,12H,7,9,11H2,1H3. The average Bonchev–Trinajstić information content (AvgIpc) is 3.43. The van der Waals surface area contributed by atoms with E-state index in [1.807, 2.05) is 19.1 Å². The predicted molar refractivity (Wildman–Crippen MR) is 111 cm³/mol. The fourth-order valence-corrected chi connectivity index (χ4v) is 5.50. The maximum Gasteiger partial charge on any atom is 0.283 e. The first kappa shape index (κ1) is 18.9. The maximum absolute atomic E-state index is 13.0. The summed E-state index contributed by atoms with van der Waals surface area (Å²) in [5.41, 5.74) is 5.51. The molecular formula is C20H17N5O3S2. The van der Waals surface area contributed by atoms with Gasteiger partial charge in [0, 0.05) is 30.2 Å². The van der Waals surface area contributed by atoms with Crippen molar-refractivity contribution >= 4 is 37.5 Å². The summed E-state index contributed by atoms with van der Waals surface area (Å²) in [6, 6.07) is 8.55. The van der Waals surface area contributed by atoms with Crippen molar-refractivity contribution in [3.05, 3.63) is 70.8 Å². The molecule has 0 fully saturated rings. The molecule has 0 radical (unpaired) electrons. The second-order valence-corrected chi connectivity index (χ2v) is 9.82. The average molecular weight is 440 g/mol. The number of benzene rings is 1. The minimum absolute atomic E-state index is 0.0332. The van der Waals surface area contributed by atoms with Crippen molar-refractivity contribution in [2.24, 2.45) is 0 Å². The normalized spacial score (nSPS) is 13.7. The summed E-state index contributed by atoms with van der Waals surface area (Å²) in [6.45, 7) is 2.51. The number of rotatable bonds is 4. The van der Waals surface area contributed by atoms with E-state index in [2.05, 4.69) is 15.1 Å². The van der Waals surface area contributed by atoms with Crippen molar-refractivity contribution in [2.75, 3.05) is 0 Å². The molecule has 0 saturated carbocycles. The van der Waals surface area contributed by atoms with Gasteiger partial charge >= 0.3 is 0 Å². The molecule has 3 aromatic heterocycles. The Morgan fingerprint density at radius 3 is 2.87 bits per heavy atom. The van der Waals surface area contributed by atoms with Crippen LogP contribution in [-0.2, 0) is 34.3 Å². The number of pyridine rings is 1. The first-order chi connectivity index (χ1) is 14.4. The third kappa shape index (κ3) is 3.17. The van der Waals surface area contributed by atoms with Crippen molar-refractivity contribution in [3.63, 3.8) is 0 Å². The SMILES string of the molecule is Cc1ncccc1CC(=O)N1Cc2cn(S(=O)(=O)c3ccc4ncsc4c3)nc2C1. The quantitative estimate of drug-likeness (QED) is 0.485. The molecular weight excluding hydrogens is 422 g/mol. The number of amides is 1. The van der Waals surface area contributed by atoms with Gasteiger partial charge in [-0.05, 0) is 36.8 Å². The number of carbonyl (C=O) groups is 1. The first-order valence-corrected chi connectivity index (χ1v) is 11.6. The van der Waals surface area contributed by atoms with Crippen LogP contribution in [0.25, 0.3) is 10.2 Å². The van der Waals surface area contributed by atoms with E-state index in [1.165, 1.54) is 23.6 Å². The molecule has 0 N–H and O–H groups in total. The van der Waals surface area contributed by atoms with Crippen LogP contribution in [0.5, 0.6) is 0 Å². The molecule has 0 bridgehead atoms. The number of aromatic nitrogens is 4. The lowest BCUT2D eigenvalue weighted by Crippen LogP contribution is -2.28. The largest absolute Gasteiger partial charge is 0.332 e. The van der Waals surface area contributed by atoms with Crippen LogP contribution in [0.15, 0.2) is 53.1 Å². The Kier molecular flexibility index (Phi) is 4.40. The van der Waals surface area contributed by atoms with Crippen LogP contribution in [-0.4, -0.2) is 38.4 Å². The molecule has 0 aliphatic carbocycles. The van der Waals surface area contributed by atoms with Crippen LogP contribution in [0.4, 0.5) is 0 Å². The molecule has 0 saturated heterocycles. The van der Waals surface area contributed by atoms with Gasteiger partial charge in [0.05, 0.1) is 39.3 Å². The van der Waals surface area contributed by atoms with Gasteiger partial charge in [0.1, 0.15) is 0 Å². The van der Waals surface area contributed by atoms with Gasteiger partial charge in [0.2, 0.25) is 5.91 Å². The highest BCUT2D eigenvalue weighted by atomic mass is 32.2. The summed E-state index contributed by atoms with van der Waals surface area (Å²) in [5, 5.41) is 4.27. The minimum Gasteiger partial charge on any atom is -0.332 e. The lowest BCUT2D eigenvalue weighted by Gasteiger charge is -2.16. The Bertz CT molecular complexity index is 1370. The van der Waals surface area contributed by atoms with Crippen molar-refractivity contribution in [1.82, 2.24) is 24.1 Å². The molecule has 0 unspecified atom stereocenters. The van der Waals surface area contributed by atoms with E-state index in [1.54, 1.807) is 28.7 Å². The van der Waals surface area contributed by atoms with Gasteiger partial charge in [-0.15, -0.1) is 11.3 Å². The van der Waals surface area contributed by atoms with Gasteiger partial charge < -0.3 is 4.90 Å².